The first-order valence-electron chi connectivity index (χ1n) is 11.3. The lowest BCUT2D eigenvalue weighted by atomic mass is 9.71. The van der Waals surface area contributed by atoms with Crippen LogP contribution in [0.2, 0.25) is 0 Å². The van der Waals surface area contributed by atoms with E-state index in [0.717, 1.165) is 44.2 Å². The number of allylic oxidation sites excluding steroid dienone is 1. The van der Waals surface area contributed by atoms with Crippen molar-refractivity contribution >= 4 is 11.9 Å². The highest BCUT2D eigenvalue weighted by atomic mass is 19.1. The van der Waals surface area contributed by atoms with Gasteiger partial charge in [0.2, 0.25) is 5.91 Å². The first-order chi connectivity index (χ1) is 14.9. The molecule has 3 amide bonds. The van der Waals surface area contributed by atoms with Crippen LogP contribution in [-0.2, 0) is 10.3 Å². The Bertz CT molecular complexity index is 805. The highest BCUT2D eigenvalue weighted by Gasteiger charge is 2.38. The lowest BCUT2D eigenvalue weighted by molar-refractivity contribution is -0.118. The average molecular weight is 432 g/mol. The van der Waals surface area contributed by atoms with Crippen LogP contribution in [0.1, 0.15) is 57.9 Å². The van der Waals surface area contributed by atoms with E-state index < -0.39 is 0 Å². The minimum Gasteiger partial charge on any atom is -0.490 e. The maximum absolute atomic E-state index is 14.1. The number of imide groups is 1. The van der Waals surface area contributed by atoms with E-state index in [1.165, 1.54) is 17.4 Å². The zero-order valence-electron chi connectivity index (χ0n) is 18.6. The number of carbonyl (C=O) groups excluding carboxylic acids is 2. The van der Waals surface area contributed by atoms with Gasteiger partial charge in [0.15, 0.2) is 11.6 Å². The summed E-state index contributed by atoms with van der Waals surface area (Å²) in [5.74, 6) is 0.149. The zero-order chi connectivity index (χ0) is 22.3. The molecule has 1 aromatic rings. The van der Waals surface area contributed by atoms with Crippen molar-refractivity contribution in [3.05, 3.63) is 41.7 Å². The van der Waals surface area contributed by atoms with Crippen molar-refractivity contribution in [1.82, 2.24) is 15.5 Å². The summed E-state index contributed by atoms with van der Waals surface area (Å²) >= 11 is 0. The second-order valence-electron chi connectivity index (χ2n) is 8.91. The van der Waals surface area contributed by atoms with E-state index in [0.29, 0.717) is 24.8 Å². The summed E-state index contributed by atoms with van der Waals surface area (Å²) in [5, 5.41) is 5.98. The Morgan fingerprint density at radius 1 is 1.26 bits per heavy atom. The smallest absolute Gasteiger partial charge is 0.324 e. The largest absolute Gasteiger partial charge is 0.490 e. The van der Waals surface area contributed by atoms with Gasteiger partial charge in [0.25, 0.3) is 0 Å². The Kier molecular flexibility index (Phi) is 8.07. The lowest BCUT2D eigenvalue weighted by Gasteiger charge is -2.43. The number of urea groups is 1. The molecule has 6 nitrogen and oxygen atoms in total. The van der Waals surface area contributed by atoms with Crippen LogP contribution in [-0.4, -0.2) is 43.1 Å². The van der Waals surface area contributed by atoms with Crippen molar-refractivity contribution in [2.75, 3.05) is 26.2 Å². The van der Waals surface area contributed by atoms with Gasteiger partial charge in [-0.05, 0) is 68.7 Å². The first-order valence-corrected chi connectivity index (χ1v) is 11.3. The summed E-state index contributed by atoms with van der Waals surface area (Å²) in [4.78, 5) is 24.1. The highest BCUT2D eigenvalue weighted by Crippen LogP contribution is 2.42. The Morgan fingerprint density at radius 2 is 2.06 bits per heavy atom. The Hall–Kier alpha value is -2.41. The molecule has 2 aliphatic rings. The summed E-state index contributed by atoms with van der Waals surface area (Å²) in [7, 11) is 0. The molecule has 0 unspecified atom stereocenters. The van der Waals surface area contributed by atoms with Crippen molar-refractivity contribution in [2.45, 2.75) is 57.9 Å². The van der Waals surface area contributed by atoms with Gasteiger partial charge in [0, 0.05) is 12.1 Å². The first kappa shape index (κ1) is 23.3. The molecule has 31 heavy (non-hydrogen) atoms. The van der Waals surface area contributed by atoms with Crippen LogP contribution in [0.15, 0.2) is 30.4 Å². The van der Waals surface area contributed by atoms with Crippen LogP contribution in [0.4, 0.5) is 9.18 Å². The highest BCUT2D eigenvalue weighted by molar-refractivity contribution is 6.01. The molecule has 3 rings (SSSR count). The van der Waals surface area contributed by atoms with Crippen molar-refractivity contribution in [2.24, 2.45) is 5.92 Å². The van der Waals surface area contributed by atoms with Crippen molar-refractivity contribution in [3.63, 3.8) is 0 Å². The minimum absolute atomic E-state index is 0.0743. The molecule has 0 aromatic heterocycles. The van der Waals surface area contributed by atoms with Gasteiger partial charge in [-0.1, -0.05) is 32.1 Å². The van der Waals surface area contributed by atoms with E-state index in [1.54, 1.807) is 0 Å². The average Bonchev–Trinajstić information content (AvgIpc) is 3.02. The number of nitrogens with one attached hydrogen (secondary N) is 2. The molecular weight excluding hydrogens is 397 g/mol. The van der Waals surface area contributed by atoms with Gasteiger partial charge in [-0.2, -0.15) is 0 Å². The monoisotopic (exact) mass is 431 g/mol. The number of halogens is 1. The van der Waals surface area contributed by atoms with Gasteiger partial charge in [0.05, 0.1) is 6.61 Å². The van der Waals surface area contributed by atoms with Crippen molar-refractivity contribution in [1.29, 1.82) is 0 Å². The molecule has 7 heteroatoms. The Morgan fingerprint density at radius 3 is 2.71 bits per heavy atom. The van der Waals surface area contributed by atoms with Gasteiger partial charge in [-0.15, -0.1) is 0 Å². The molecule has 1 aromatic carbocycles. The molecule has 2 fully saturated rings. The van der Waals surface area contributed by atoms with Gasteiger partial charge >= 0.3 is 6.03 Å². The van der Waals surface area contributed by atoms with Crippen LogP contribution >= 0.6 is 0 Å². The van der Waals surface area contributed by atoms with E-state index in [1.807, 2.05) is 18.2 Å². The summed E-state index contributed by atoms with van der Waals surface area (Å²) in [6.07, 6.45) is 10.3. The van der Waals surface area contributed by atoms with Crippen LogP contribution in [0.25, 0.3) is 0 Å². The number of amides is 3. The predicted molar refractivity (Wildman–Crippen MR) is 118 cm³/mol. The SMILES string of the molecule is CC(C)COc1cc(C2(NCCCC/C=C/CN3CC(=O)NC3=O)CCC2)ccc1F. The Labute approximate surface area is 184 Å². The zero-order valence-corrected chi connectivity index (χ0v) is 18.6. The standard InChI is InChI=1S/C24H34FN3O3/c1-18(2)17-31-21-15-19(9-10-20(21)25)24(11-8-12-24)26-13-6-4-3-5-7-14-28-16-22(29)27-23(28)30/h5,7,9-10,15,18,26H,3-4,6,8,11-14,16-17H2,1-2H3,(H,27,29,30)/b7-5+. The quantitative estimate of drug-likeness (QED) is 0.297. The molecule has 170 valence electrons. The molecular formula is C24H34FN3O3. The lowest BCUT2D eigenvalue weighted by Crippen LogP contribution is -2.48. The number of unbranched alkanes of at least 4 members (excludes halogenated alkanes) is 2. The molecule has 1 aliphatic heterocycles. The third-order valence-corrected chi connectivity index (χ3v) is 5.88. The van der Waals surface area contributed by atoms with Crippen molar-refractivity contribution in [3.8, 4) is 5.75 Å². The number of carbonyl (C=O) groups is 2. The number of hydrogen-bond donors (Lipinski definition) is 2. The van der Waals surface area contributed by atoms with E-state index >= 15 is 0 Å². The normalized spacial score (nSPS) is 18.0. The summed E-state index contributed by atoms with van der Waals surface area (Å²) in [6.45, 7) is 6.11. The van der Waals surface area contributed by atoms with E-state index in [4.69, 9.17) is 4.74 Å². The fourth-order valence-corrected chi connectivity index (χ4v) is 3.93. The van der Waals surface area contributed by atoms with E-state index in [-0.39, 0.29) is 29.8 Å². The molecule has 1 saturated heterocycles. The number of ether oxygens (including phenoxy) is 1. The second-order valence-corrected chi connectivity index (χ2v) is 8.91. The maximum Gasteiger partial charge on any atom is 0.324 e. The predicted octanol–water partition coefficient (Wildman–Crippen LogP) is 4.11. The van der Waals surface area contributed by atoms with Gasteiger partial charge in [-0.3, -0.25) is 10.1 Å². The molecule has 0 bridgehead atoms. The summed E-state index contributed by atoms with van der Waals surface area (Å²) in [6, 6.07) is 4.95. The molecule has 1 aliphatic carbocycles. The number of nitrogens with zero attached hydrogens (tertiary/aromatic N) is 1. The number of hydrogen-bond acceptors (Lipinski definition) is 4. The summed E-state index contributed by atoms with van der Waals surface area (Å²) < 4.78 is 19.8. The molecule has 0 spiro atoms. The topological polar surface area (TPSA) is 70.7 Å². The van der Waals surface area contributed by atoms with Gasteiger partial charge in [-0.25, -0.2) is 9.18 Å². The van der Waals surface area contributed by atoms with Crippen LogP contribution < -0.4 is 15.4 Å². The minimum atomic E-state index is -0.316. The molecule has 2 N–H and O–H groups in total. The fraction of sp³-hybridized carbons (Fsp3) is 0.583. The summed E-state index contributed by atoms with van der Waals surface area (Å²) in [5.41, 5.74) is 1.03. The fourth-order valence-electron chi connectivity index (χ4n) is 3.93. The van der Waals surface area contributed by atoms with Crippen LogP contribution in [0.5, 0.6) is 5.75 Å². The molecule has 1 heterocycles. The third-order valence-electron chi connectivity index (χ3n) is 5.88. The molecule has 0 radical (unpaired) electrons. The number of benzene rings is 1. The van der Waals surface area contributed by atoms with E-state index in [9.17, 15) is 14.0 Å². The van der Waals surface area contributed by atoms with Crippen molar-refractivity contribution < 1.29 is 18.7 Å². The van der Waals surface area contributed by atoms with Gasteiger partial charge < -0.3 is 15.0 Å². The van der Waals surface area contributed by atoms with Crippen LogP contribution in [0.3, 0.4) is 0 Å². The molecule has 0 atom stereocenters. The second kappa shape index (κ2) is 10.8. The molecule has 1 saturated carbocycles. The maximum atomic E-state index is 14.1. The Balaban J connectivity index is 1.41. The third kappa shape index (κ3) is 6.29. The van der Waals surface area contributed by atoms with Crippen LogP contribution in [0, 0.1) is 11.7 Å². The van der Waals surface area contributed by atoms with Gasteiger partial charge in [0.1, 0.15) is 6.54 Å². The van der Waals surface area contributed by atoms with E-state index in [2.05, 4.69) is 30.6 Å². The number of rotatable bonds is 12.